The Morgan fingerprint density at radius 3 is 2.62 bits per heavy atom. The topological polar surface area (TPSA) is 181 Å². The normalized spacial score (nSPS) is 49.0. The van der Waals surface area contributed by atoms with Gasteiger partial charge in [0, 0.05) is 35.4 Å². The van der Waals surface area contributed by atoms with Crippen molar-refractivity contribution < 1.29 is 53.1 Å². The fourth-order valence-electron chi connectivity index (χ4n) is 17.6. The molecule has 61 heavy (non-hydrogen) atoms. The van der Waals surface area contributed by atoms with Gasteiger partial charge in [-0.25, -0.2) is 4.79 Å². The molecule has 12 aliphatic rings. The van der Waals surface area contributed by atoms with E-state index in [4.69, 9.17) is 23.4 Å². The van der Waals surface area contributed by atoms with Crippen LogP contribution >= 0.6 is 0 Å². The van der Waals surface area contributed by atoms with Crippen molar-refractivity contribution in [3.8, 4) is 0 Å². The number of fused-ring (bicyclic) bond motifs is 4. The van der Waals surface area contributed by atoms with Crippen molar-refractivity contribution in [2.24, 2.45) is 56.7 Å². The maximum absolute atomic E-state index is 15.8. The largest absolute Gasteiger partial charge is 0.469 e. The second-order valence-corrected chi connectivity index (χ2v) is 21.9. The molecule has 5 saturated heterocycles. The molecule has 6 aliphatic carbocycles. The number of epoxide rings is 1. The summed E-state index contributed by atoms with van der Waals surface area (Å²) in [6.45, 7) is 7.44. The quantitative estimate of drug-likeness (QED) is 0.181. The summed E-state index contributed by atoms with van der Waals surface area (Å²) in [4.78, 5) is 46.0. The molecule has 13 rings (SSSR count). The predicted molar refractivity (Wildman–Crippen MR) is 216 cm³/mol. The average molecular weight is 843 g/mol. The Hall–Kier alpha value is -3.07. The number of carbonyl (C=O) groups excluding carboxylic acids is 3. The van der Waals surface area contributed by atoms with Crippen molar-refractivity contribution in [2.75, 3.05) is 26.4 Å². The van der Waals surface area contributed by atoms with Gasteiger partial charge in [-0.05, 0) is 106 Å². The Morgan fingerprint density at radius 2 is 1.82 bits per heavy atom. The molecule has 1 aromatic rings. The van der Waals surface area contributed by atoms with Crippen LogP contribution in [0.2, 0.25) is 0 Å². The molecule has 13 heteroatoms. The first-order chi connectivity index (χ1) is 29.3. The van der Waals surface area contributed by atoms with Crippen LogP contribution in [-0.2, 0) is 39.8 Å². The van der Waals surface area contributed by atoms with Gasteiger partial charge in [-0.1, -0.05) is 44.4 Å². The van der Waals surface area contributed by atoms with E-state index in [1.54, 1.807) is 6.26 Å². The highest BCUT2D eigenvalue weighted by Crippen LogP contribution is 2.87. The van der Waals surface area contributed by atoms with Gasteiger partial charge < -0.3 is 43.6 Å². The highest BCUT2D eigenvalue weighted by molar-refractivity contribution is 5.98. The molecule has 4 N–H and O–H groups in total. The van der Waals surface area contributed by atoms with E-state index < -0.39 is 80.7 Å². The third-order valence-electron chi connectivity index (χ3n) is 19.9. The van der Waals surface area contributed by atoms with Crippen LogP contribution in [0.15, 0.2) is 41.2 Å². The molecule has 7 heterocycles. The lowest BCUT2D eigenvalue weighted by Crippen LogP contribution is -2.82. The first-order valence-electron chi connectivity index (χ1n) is 23.4. The van der Waals surface area contributed by atoms with Gasteiger partial charge in [0.1, 0.15) is 30.2 Å². The number of ether oxygens (including phenoxy) is 4. The number of nitrogens with one attached hydrogen (secondary N) is 1. The fraction of sp³-hybridized carbons (Fsp3) is 0.771. The van der Waals surface area contributed by atoms with Crippen LogP contribution in [-0.4, -0.2) is 106 Å². The van der Waals surface area contributed by atoms with Crippen molar-refractivity contribution >= 4 is 17.7 Å². The number of allylic oxidation sites excluding steroid dienone is 2. The van der Waals surface area contributed by atoms with Crippen LogP contribution in [0.25, 0.3) is 0 Å². The van der Waals surface area contributed by atoms with E-state index >= 15 is 4.79 Å². The minimum Gasteiger partial charge on any atom is -0.469 e. The molecule has 16 atom stereocenters. The Kier molecular flexibility index (Phi) is 8.30. The van der Waals surface area contributed by atoms with E-state index in [9.17, 15) is 24.9 Å². The first kappa shape index (κ1) is 39.5. The molecule has 2 bridgehead atoms. The van der Waals surface area contributed by atoms with Crippen LogP contribution in [0, 0.1) is 56.7 Å². The summed E-state index contributed by atoms with van der Waals surface area (Å²) in [5.74, 6) is -0.245. The lowest BCUT2D eigenvalue weighted by Gasteiger charge is -2.72. The van der Waals surface area contributed by atoms with Crippen LogP contribution in [0.4, 0.5) is 0 Å². The number of carbonyl (C=O) groups is 3. The molecule has 5 spiro atoms. The summed E-state index contributed by atoms with van der Waals surface area (Å²) in [5, 5.41) is 38.9. The van der Waals surface area contributed by atoms with Crippen molar-refractivity contribution in [3.63, 3.8) is 0 Å². The summed E-state index contributed by atoms with van der Waals surface area (Å²) in [7, 11) is 0. The molecule has 0 amide bonds. The number of Topliss-reactive ketones (excluding diaryl/α,β-unsaturated/α-hetero) is 1. The summed E-state index contributed by atoms with van der Waals surface area (Å²) < 4.78 is 33.0. The van der Waals surface area contributed by atoms with Crippen LogP contribution < -0.4 is 5.32 Å². The zero-order valence-electron chi connectivity index (χ0n) is 35.7. The third-order valence-corrected chi connectivity index (χ3v) is 19.9. The summed E-state index contributed by atoms with van der Waals surface area (Å²) >= 11 is 0. The summed E-state index contributed by atoms with van der Waals surface area (Å²) in [5.41, 5.74) is -6.82. The monoisotopic (exact) mass is 842 g/mol. The Labute approximate surface area is 356 Å². The van der Waals surface area contributed by atoms with Gasteiger partial charge in [-0.2, -0.15) is 0 Å². The molecule has 4 saturated carbocycles. The number of furan rings is 1. The van der Waals surface area contributed by atoms with Gasteiger partial charge in [-0.15, -0.1) is 0 Å². The Bertz CT molecular complexity index is 2110. The fourth-order valence-corrected chi connectivity index (χ4v) is 17.6. The van der Waals surface area contributed by atoms with Gasteiger partial charge in [0.25, 0.3) is 0 Å². The molecule has 0 radical (unpaired) electrons. The minimum atomic E-state index is -1.49. The molecular formula is C48H62N2O11. The van der Waals surface area contributed by atoms with Crippen LogP contribution in [0.5, 0.6) is 0 Å². The molecular weight excluding hydrogens is 781 g/mol. The van der Waals surface area contributed by atoms with Gasteiger partial charge in [0.2, 0.25) is 0 Å². The van der Waals surface area contributed by atoms with E-state index in [1.807, 2.05) is 19.9 Å². The van der Waals surface area contributed by atoms with Crippen molar-refractivity contribution in [2.45, 2.75) is 146 Å². The molecule has 13 nitrogen and oxygen atoms in total. The lowest BCUT2D eigenvalue weighted by atomic mass is 9.29. The van der Waals surface area contributed by atoms with E-state index in [2.05, 4.69) is 41.6 Å². The standard InChI is InChI=1S/C48H62N2O11/c1-42(2)46-16-15-44(12-5-4-6-13-44)47(38(55)37(46)54)34(45(46)24-58-36(53)21-35(45)60-42)9-14-43(3)39(59-41(56)40-48(43,47)61-40)29-11-18-57-33(29)20-30(32(52)23-51)26-7-8-28-27(19-26)10-17-50-25-49-22-31(28)50/h10-11,15-18,26-28,30-32,34-35,38-40,49,51-52,55H,4-9,12-14,19-25H2,1-3H3. The molecule has 330 valence electrons. The number of nitrogens with zero attached hydrogens (tertiary/aromatic N) is 1. The molecule has 6 aliphatic heterocycles. The summed E-state index contributed by atoms with van der Waals surface area (Å²) in [6, 6.07) is 2.35. The zero-order chi connectivity index (χ0) is 42.1. The third kappa shape index (κ3) is 4.43. The van der Waals surface area contributed by atoms with Crippen molar-refractivity contribution in [1.82, 2.24) is 10.2 Å². The lowest BCUT2D eigenvalue weighted by molar-refractivity contribution is -0.292. The Balaban J connectivity index is 0.967. The van der Waals surface area contributed by atoms with Gasteiger partial charge in [0.05, 0.1) is 54.6 Å². The molecule has 0 aromatic carbocycles. The van der Waals surface area contributed by atoms with E-state index in [0.717, 1.165) is 64.6 Å². The van der Waals surface area contributed by atoms with Crippen molar-refractivity contribution in [1.29, 1.82) is 0 Å². The number of hydrogen-bond donors (Lipinski definition) is 4. The number of aliphatic hydroxyl groups is 3. The molecule has 1 aromatic heterocycles. The van der Waals surface area contributed by atoms with Gasteiger partial charge in [-0.3, -0.25) is 14.9 Å². The van der Waals surface area contributed by atoms with Crippen molar-refractivity contribution in [3.05, 3.63) is 48.1 Å². The number of rotatable bonds is 6. The summed E-state index contributed by atoms with van der Waals surface area (Å²) in [6.07, 6.45) is 14.2. The van der Waals surface area contributed by atoms with Gasteiger partial charge >= 0.3 is 11.9 Å². The van der Waals surface area contributed by atoms with Gasteiger partial charge in [0.15, 0.2) is 11.9 Å². The van der Waals surface area contributed by atoms with E-state index in [1.165, 1.54) is 0 Å². The minimum absolute atomic E-state index is 0.00856. The first-order valence-corrected chi connectivity index (χ1v) is 23.4. The smallest absolute Gasteiger partial charge is 0.339 e. The predicted octanol–water partition coefficient (Wildman–Crippen LogP) is 4.28. The average Bonchev–Trinajstić information content (AvgIpc) is 3.53. The number of esters is 2. The number of cyclic esters (lactones) is 2. The second kappa shape index (κ2) is 12.8. The SMILES string of the molecule is CC1(C)OC2CC(=O)OCC23C2CCC4(C)C(c5ccoc5CC(C(O)CO)C5CCC6C(C=CN7CNCC67)C5)OC(=O)C5OC54C24C(O)C(=O)C13C=CC41CCCCC1. The van der Waals surface area contributed by atoms with Crippen LogP contribution in [0.1, 0.15) is 109 Å². The van der Waals surface area contributed by atoms with E-state index in [-0.39, 0.29) is 43.2 Å². The second-order valence-electron chi connectivity index (χ2n) is 21.9. The maximum Gasteiger partial charge on any atom is 0.339 e. The molecule has 16 unspecified atom stereocenters. The number of aliphatic hydroxyl groups excluding tert-OH is 3. The maximum atomic E-state index is 15.8. The van der Waals surface area contributed by atoms with E-state index in [0.29, 0.717) is 48.5 Å². The zero-order valence-corrected chi connectivity index (χ0v) is 35.7. The van der Waals surface area contributed by atoms with Crippen LogP contribution in [0.3, 0.4) is 0 Å². The molecule has 9 fully saturated rings. The Morgan fingerprint density at radius 1 is 1.00 bits per heavy atom. The number of ketones is 1. The highest BCUT2D eigenvalue weighted by atomic mass is 16.7. The highest BCUT2D eigenvalue weighted by Gasteiger charge is 2.97. The number of hydrogen-bond acceptors (Lipinski definition) is 13.